The Labute approximate surface area is 279 Å². The second-order valence-corrected chi connectivity index (χ2v) is 12.4. The van der Waals surface area contributed by atoms with Gasteiger partial charge in [0.05, 0.1) is 15.4 Å². The van der Waals surface area contributed by atoms with E-state index in [0.29, 0.717) is 43.3 Å². The number of carbonyl (C=O) groups excluding carboxylic acids is 2. The van der Waals surface area contributed by atoms with Gasteiger partial charge in [-0.05, 0) is 59.7 Å². The molecule has 3 aromatic carbocycles. The van der Waals surface area contributed by atoms with Gasteiger partial charge in [0.1, 0.15) is 5.82 Å². The lowest BCUT2D eigenvalue weighted by Gasteiger charge is -2.35. The van der Waals surface area contributed by atoms with Crippen molar-refractivity contribution in [2.75, 3.05) is 31.1 Å². The summed E-state index contributed by atoms with van der Waals surface area (Å²) in [5.74, 6) is -0.817. The summed E-state index contributed by atoms with van der Waals surface area (Å²) in [6, 6.07) is 19.3. The number of pyridine rings is 1. The number of anilines is 1. The maximum Gasteiger partial charge on any atom is 0.417 e. The van der Waals surface area contributed by atoms with Crippen LogP contribution in [0.15, 0.2) is 94.4 Å². The largest absolute Gasteiger partial charge is 0.417 e. The molecule has 1 saturated heterocycles. The molecule has 0 N–H and O–H groups in total. The number of hydrogen-bond acceptors (Lipinski definition) is 7. The molecule has 1 aliphatic heterocycles. The summed E-state index contributed by atoms with van der Waals surface area (Å²) >= 11 is 4.61. The zero-order chi connectivity index (χ0) is 33.7. The lowest BCUT2D eigenvalue weighted by molar-refractivity contribution is -0.387. The van der Waals surface area contributed by atoms with Gasteiger partial charge in [-0.25, -0.2) is 4.98 Å². The Bertz CT molecular complexity index is 1810. The number of nitrogens with zero attached hydrogens (tertiary/aromatic N) is 4. The number of halogens is 5. The topological polar surface area (TPSA) is 96.6 Å². The molecule has 2 heterocycles. The molecular formula is C33H25BrF4N4O4S. The first-order chi connectivity index (χ1) is 22.4. The summed E-state index contributed by atoms with van der Waals surface area (Å²) in [5.41, 5.74) is 0.306. The summed E-state index contributed by atoms with van der Waals surface area (Å²) in [6.07, 6.45) is -2.21. The van der Waals surface area contributed by atoms with Crippen LogP contribution in [0.2, 0.25) is 0 Å². The Balaban J connectivity index is 1.29. The third kappa shape index (κ3) is 8.43. The Morgan fingerprint density at radius 1 is 0.936 bits per heavy atom. The highest BCUT2D eigenvalue weighted by molar-refractivity contribution is 9.10. The average molecular weight is 730 g/mol. The van der Waals surface area contributed by atoms with Crippen molar-refractivity contribution in [2.24, 2.45) is 0 Å². The smallest absolute Gasteiger partial charge is 0.353 e. The fourth-order valence-corrected chi connectivity index (χ4v) is 6.04. The third-order valence-corrected chi connectivity index (χ3v) is 8.98. The van der Waals surface area contributed by atoms with Crippen molar-refractivity contribution in [1.82, 2.24) is 9.88 Å². The molecule has 1 aromatic heterocycles. The molecule has 8 nitrogen and oxygen atoms in total. The van der Waals surface area contributed by atoms with E-state index in [0.717, 1.165) is 34.4 Å². The Morgan fingerprint density at radius 2 is 1.60 bits per heavy atom. The molecule has 0 aliphatic carbocycles. The highest BCUT2D eigenvalue weighted by atomic mass is 79.9. The summed E-state index contributed by atoms with van der Waals surface area (Å²) in [5, 5.41) is 11.3. The standard InChI is InChI=1S/C33H25BrF4N4O4S/c34-26-9-1-21(2-10-26)20-47-29(18-22-3-11-27(35)28(17-22)42(45)46)31(43)23-4-6-24(7-5-23)32(44)41-15-13-40(14-16-41)30-12-8-25(19-39-30)33(36,37)38/h1-12,17-19H,13-16,20H2/b29-18+. The molecule has 0 atom stereocenters. The number of nitro benzene ring substituents is 1. The Morgan fingerprint density at radius 3 is 2.19 bits per heavy atom. The normalized spacial score (nSPS) is 13.9. The van der Waals surface area contributed by atoms with E-state index in [1.165, 1.54) is 42.1 Å². The number of carbonyl (C=O) groups is 2. The molecule has 1 fully saturated rings. The van der Waals surface area contributed by atoms with Gasteiger partial charge in [-0.15, -0.1) is 11.8 Å². The first-order valence-corrected chi connectivity index (χ1v) is 15.9. The van der Waals surface area contributed by atoms with Crippen LogP contribution in [0.1, 0.15) is 37.4 Å². The minimum atomic E-state index is -4.47. The van der Waals surface area contributed by atoms with E-state index in [1.54, 1.807) is 21.9 Å². The predicted octanol–water partition coefficient (Wildman–Crippen LogP) is 8.03. The van der Waals surface area contributed by atoms with Gasteiger partial charge in [0.2, 0.25) is 5.82 Å². The molecule has 0 bridgehead atoms. The zero-order valence-electron chi connectivity index (χ0n) is 24.4. The van der Waals surface area contributed by atoms with Gasteiger partial charge in [-0.2, -0.15) is 17.6 Å². The number of alkyl halides is 3. The van der Waals surface area contributed by atoms with Crippen molar-refractivity contribution in [3.8, 4) is 0 Å². The number of amides is 1. The van der Waals surface area contributed by atoms with Gasteiger partial charge in [0.15, 0.2) is 5.78 Å². The van der Waals surface area contributed by atoms with E-state index in [9.17, 15) is 37.3 Å². The van der Waals surface area contributed by atoms with Crippen LogP contribution in [0.4, 0.5) is 29.1 Å². The third-order valence-electron chi connectivity index (χ3n) is 7.36. The number of piperazine rings is 1. The Hall–Kier alpha value is -4.56. The first kappa shape index (κ1) is 33.8. The highest BCUT2D eigenvalue weighted by Crippen LogP contribution is 2.31. The minimum Gasteiger partial charge on any atom is -0.353 e. The maximum atomic E-state index is 14.0. The van der Waals surface area contributed by atoms with Gasteiger partial charge in [0.25, 0.3) is 5.91 Å². The number of Topliss-reactive ketones (excluding diaryl/α,β-unsaturated/α-hetero) is 1. The van der Waals surface area contributed by atoms with Gasteiger partial charge in [-0.3, -0.25) is 19.7 Å². The van der Waals surface area contributed by atoms with E-state index >= 15 is 0 Å². The van der Waals surface area contributed by atoms with Crippen molar-refractivity contribution < 1.29 is 32.1 Å². The number of hydrogen-bond donors (Lipinski definition) is 0. The quantitative estimate of drug-likeness (QED) is 0.0566. The molecule has 47 heavy (non-hydrogen) atoms. The zero-order valence-corrected chi connectivity index (χ0v) is 26.8. The average Bonchev–Trinajstić information content (AvgIpc) is 3.07. The minimum absolute atomic E-state index is 0.261. The molecule has 0 spiro atoms. The number of nitro groups is 1. The second-order valence-electron chi connectivity index (χ2n) is 10.5. The van der Waals surface area contributed by atoms with Crippen LogP contribution in [-0.4, -0.2) is 52.7 Å². The molecule has 242 valence electrons. The van der Waals surface area contributed by atoms with E-state index in [-0.39, 0.29) is 27.7 Å². The van der Waals surface area contributed by atoms with E-state index in [1.807, 2.05) is 24.3 Å². The molecule has 5 rings (SSSR count). The number of aromatic nitrogens is 1. The number of rotatable bonds is 9. The lowest BCUT2D eigenvalue weighted by atomic mass is 10.1. The second kappa shape index (κ2) is 14.5. The van der Waals surface area contributed by atoms with E-state index in [4.69, 9.17) is 0 Å². The van der Waals surface area contributed by atoms with Crippen LogP contribution in [0.3, 0.4) is 0 Å². The molecule has 4 aromatic rings. The molecule has 1 amide bonds. The van der Waals surface area contributed by atoms with Crippen LogP contribution >= 0.6 is 27.7 Å². The summed E-state index contributed by atoms with van der Waals surface area (Å²) in [4.78, 5) is 45.0. The van der Waals surface area contributed by atoms with E-state index in [2.05, 4.69) is 20.9 Å². The number of ketones is 1. The van der Waals surface area contributed by atoms with Gasteiger partial charge >= 0.3 is 11.9 Å². The predicted molar refractivity (Wildman–Crippen MR) is 175 cm³/mol. The van der Waals surface area contributed by atoms with Crippen molar-refractivity contribution in [1.29, 1.82) is 0 Å². The number of allylic oxidation sites excluding steroid dienone is 1. The lowest BCUT2D eigenvalue weighted by Crippen LogP contribution is -2.49. The molecular weight excluding hydrogens is 704 g/mol. The SMILES string of the molecule is O=C(/C(=C\c1ccc(F)c([N+](=O)[O-])c1)SCc1ccc(Br)cc1)c1ccc(C(=O)N2CCN(c3ccc(C(F)(F)F)cn3)CC2)cc1. The molecule has 0 radical (unpaired) electrons. The summed E-state index contributed by atoms with van der Waals surface area (Å²) in [7, 11) is 0. The first-order valence-electron chi connectivity index (χ1n) is 14.1. The van der Waals surface area contributed by atoms with Gasteiger partial charge in [-0.1, -0.05) is 46.3 Å². The Kier molecular flexibility index (Phi) is 10.4. The highest BCUT2D eigenvalue weighted by Gasteiger charge is 2.31. The van der Waals surface area contributed by atoms with Crippen molar-refractivity contribution in [3.05, 3.63) is 138 Å². The molecule has 1 aliphatic rings. The van der Waals surface area contributed by atoms with Crippen LogP contribution < -0.4 is 4.90 Å². The van der Waals surface area contributed by atoms with Crippen LogP contribution in [-0.2, 0) is 11.9 Å². The molecule has 0 saturated carbocycles. The van der Waals surface area contributed by atoms with Crippen LogP contribution in [0.5, 0.6) is 0 Å². The number of benzene rings is 3. The summed E-state index contributed by atoms with van der Waals surface area (Å²) < 4.78 is 53.4. The van der Waals surface area contributed by atoms with Gasteiger partial charge in [0, 0.05) is 59.8 Å². The molecule has 0 unspecified atom stereocenters. The summed E-state index contributed by atoms with van der Waals surface area (Å²) in [6.45, 7) is 1.41. The monoisotopic (exact) mass is 728 g/mol. The fraction of sp³-hybridized carbons (Fsp3) is 0.182. The number of thioether (sulfide) groups is 1. The fourth-order valence-electron chi connectivity index (χ4n) is 4.79. The maximum absolute atomic E-state index is 14.0. The van der Waals surface area contributed by atoms with Gasteiger partial charge < -0.3 is 9.80 Å². The van der Waals surface area contributed by atoms with Crippen molar-refractivity contribution >= 4 is 57.0 Å². The van der Waals surface area contributed by atoms with E-state index < -0.39 is 28.2 Å². The van der Waals surface area contributed by atoms with Crippen LogP contribution in [0.25, 0.3) is 6.08 Å². The van der Waals surface area contributed by atoms with Crippen LogP contribution in [0, 0.1) is 15.9 Å². The molecule has 14 heteroatoms. The van der Waals surface area contributed by atoms with Crippen molar-refractivity contribution in [2.45, 2.75) is 11.9 Å². The van der Waals surface area contributed by atoms with Crippen molar-refractivity contribution in [3.63, 3.8) is 0 Å².